The van der Waals surface area contributed by atoms with E-state index in [1.54, 1.807) is 31.5 Å². The van der Waals surface area contributed by atoms with Crippen molar-refractivity contribution in [3.8, 4) is 5.69 Å². The van der Waals surface area contributed by atoms with Crippen LogP contribution in [-0.2, 0) is 4.74 Å². The summed E-state index contributed by atoms with van der Waals surface area (Å²) in [6.07, 6.45) is 3.48. The molecule has 0 aliphatic carbocycles. The second kappa shape index (κ2) is 5.36. The summed E-state index contributed by atoms with van der Waals surface area (Å²) in [4.78, 5) is 20.2. The average Bonchev–Trinajstić information content (AvgIpc) is 2.83. The number of ether oxygens (including phenoxy) is 1. The summed E-state index contributed by atoms with van der Waals surface area (Å²) in [6.45, 7) is 4.11. The third-order valence-corrected chi connectivity index (χ3v) is 3.26. The number of nitrogens with zero attached hydrogens (tertiary/aromatic N) is 3. The molecule has 2 aromatic heterocycles. The van der Waals surface area contributed by atoms with E-state index in [1.165, 1.54) is 0 Å². The number of imidazole rings is 1. The molecule has 0 spiro atoms. The first kappa shape index (κ1) is 13.3. The minimum absolute atomic E-state index is 0.305. The maximum Gasteiger partial charge on any atom is 0.338 e. The van der Waals surface area contributed by atoms with Crippen molar-refractivity contribution < 1.29 is 9.53 Å². The van der Waals surface area contributed by atoms with Gasteiger partial charge in [-0.15, -0.1) is 0 Å². The minimum Gasteiger partial charge on any atom is -0.462 e. The quantitative estimate of drug-likeness (QED) is 0.693. The molecular formula is C16H15N3O2. The van der Waals surface area contributed by atoms with Crippen LogP contribution in [0.5, 0.6) is 0 Å². The molecule has 21 heavy (non-hydrogen) atoms. The van der Waals surface area contributed by atoms with Crippen LogP contribution in [0, 0.1) is 6.92 Å². The van der Waals surface area contributed by atoms with Crippen LogP contribution >= 0.6 is 0 Å². The first-order valence-electron chi connectivity index (χ1n) is 6.77. The smallest absolute Gasteiger partial charge is 0.338 e. The summed E-state index contributed by atoms with van der Waals surface area (Å²) in [6, 6.07) is 9.23. The normalized spacial score (nSPS) is 10.8. The standard InChI is InChI=1S/C16H15N3O2/c1-3-21-16(20)12-4-6-13(7-5-12)19-11(2)18-14-10-17-9-8-15(14)19/h4-10H,3H2,1-2H3. The Morgan fingerprint density at radius 2 is 2.00 bits per heavy atom. The highest BCUT2D eigenvalue weighted by molar-refractivity contribution is 5.89. The average molecular weight is 281 g/mol. The third kappa shape index (κ3) is 2.38. The van der Waals surface area contributed by atoms with Gasteiger partial charge in [0.15, 0.2) is 0 Å². The number of pyridine rings is 1. The lowest BCUT2D eigenvalue weighted by molar-refractivity contribution is 0.0526. The predicted molar refractivity (Wildman–Crippen MR) is 79.6 cm³/mol. The Morgan fingerprint density at radius 3 is 2.71 bits per heavy atom. The van der Waals surface area contributed by atoms with Crippen molar-refractivity contribution >= 4 is 17.0 Å². The number of aromatic nitrogens is 3. The van der Waals surface area contributed by atoms with E-state index >= 15 is 0 Å². The lowest BCUT2D eigenvalue weighted by atomic mass is 10.2. The number of rotatable bonds is 3. The van der Waals surface area contributed by atoms with Gasteiger partial charge in [0.05, 0.1) is 23.9 Å². The van der Waals surface area contributed by atoms with Crippen LogP contribution in [-0.4, -0.2) is 27.1 Å². The second-order valence-corrected chi connectivity index (χ2v) is 4.63. The summed E-state index contributed by atoms with van der Waals surface area (Å²) >= 11 is 0. The molecule has 0 aliphatic heterocycles. The summed E-state index contributed by atoms with van der Waals surface area (Å²) in [5.41, 5.74) is 3.34. The van der Waals surface area contributed by atoms with Crippen LogP contribution in [0.15, 0.2) is 42.7 Å². The maximum atomic E-state index is 11.7. The predicted octanol–water partition coefficient (Wildman–Crippen LogP) is 2.91. The van der Waals surface area contributed by atoms with E-state index in [9.17, 15) is 4.79 Å². The number of aryl methyl sites for hydroxylation is 1. The lowest BCUT2D eigenvalue weighted by Gasteiger charge is -2.08. The van der Waals surface area contributed by atoms with E-state index in [4.69, 9.17) is 4.74 Å². The Morgan fingerprint density at radius 1 is 1.24 bits per heavy atom. The monoisotopic (exact) mass is 281 g/mol. The van der Waals surface area contributed by atoms with E-state index in [-0.39, 0.29) is 5.97 Å². The zero-order valence-electron chi connectivity index (χ0n) is 11.9. The number of carbonyl (C=O) groups excluding carboxylic acids is 1. The van der Waals surface area contributed by atoms with Gasteiger partial charge < -0.3 is 4.74 Å². The van der Waals surface area contributed by atoms with Gasteiger partial charge in [-0.25, -0.2) is 9.78 Å². The topological polar surface area (TPSA) is 57.0 Å². The van der Waals surface area contributed by atoms with Crippen molar-refractivity contribution in [1.29, 1.82) is 0 Å². The van der Waals surface area contributed by atoms with Gasteiger partial charge in [-0.2, -0.15) is 0 Å². The van der Waals surface area contributed by atoms with Gasteiger partial charge in [0.1, 0.15) is 11.3 Å². The second-order valence-electron chi connectivity index (χ2n) is 4.63. The van der Waals surface area contributed by atoms with Crippen molar-refractivity contribution in [3.05, 3.63) is 54.1 Å². The van der Waals surface area contributed by atoms with Crippen molar-refractivity contribution in [2.24, 2.45) is 0 Å². The number of hydrogen-bond donors (Lipinski definition) is 0. The van der Waals surface area contributed by atoms with Crippen molar-refractivity contribution in [1.82, 2.24) is 14.5 Å². The molecule has 0 aliphatic rings. The molecule has 0 radical (unpaired) electrons. The van der Waals surface area contributed by atoms with E-state index < -0.39 is 0 Å². The van der Waals surface area contributed by atoms with Gasteiger partial charge in [0.25, 0.3) is 0 Å². The highest BCUT2D eigenvalue weighted by Crippen LogP contribution is 2.20. The highest BCUT2D eigenvalue weighted by Gasteiger charge is 2.10. The van der Waals surface area contributed by atoms with E-state index in [2.05, 4.69) is 9.97 Å². The number of esters is 1. The van der Waals surface area contributed by atoms with E-state index in [1.807, 2.05) is 29.7 Å². The van der Waals surface area contributed by atoms with Crippen molar-refractivity contribution in [2.45, 2.75) is 13.8 Å². The molecule has 5 nitrogen and oxygen atoms in total. The van der Waals surface area contributed by atoms with E-state index in [0.29, 0.717) is 12.2 Å². The molecule has 0 atom stereocenters. The summed E-state index contributed by atoms with van der Waals surface area (Å²) in [5, 5.41) is 0. The molecule has 0 fully saturated rings. The molecule has 0 saturated carbocycles. The van der Waals surface area contributed by atoms with Crippen molar-refractivity contribution in [3.63, 3.8) is 0 Å². The fourth-order valence-electron chi connectivity index (χ4n) is 2.34. The minimum atomic E-state index is -0.305. The lowest BCUT2D eigenvalue weighted by Crippen LogP contribution is -2.05. The molecule has 0 amide bonds. The Kier molecular flexibility index (Phi) is 3.39. The van der Waals surface area contributed by atoms with Crippen LogP contribution in [0.25, 0.3) is 16.7 Å². The molecule has 3 rings (SSSR count). The Labute approximate surface area is 122 Å². The molecule has 0 saturated heterocycles. The Balaban J connectivity index is 2.03. The molecule has 0 N–H and O–H groups in total. The number of carbonyl (C=O) groups is 1. The van der Waals surface area contributed by atoms with Crippen LogP contribution in [0.4, 0.5) is 0 Å². The maximum absolute atomic E-state index is 11.7. The van der Waals surface area contributed by atoms with Crippen LogP contribution in [0.1, 0.15) is 23.1 Å². The number of hydrogen-bond acceptors (Lipinski definition) is 4. The molecule has 1 aromatic carbocycles. The Hall–Kier alpha value is -2.69. The van der Waals surface area contributed by atoms with Gasteiger partial charge in [-0.05, 0) is 44.2 Å². The van der Waals surface area contributed by atoms with Gasteiger partial charge >= 0.3 is 5.97 Å². The summed E-state index contributed by atoms with van der Waals surface area (Å²) in [5.74, 6) is 0.572. The SMILES string of the molecule is CCOC(=O)c1ccc(-n2c(C)nc3cnccc32)cc1. The summed E-state index contributed by atoms with van der Waals surface area (Å²) in [7, 11) is 0. The molecule has 106 valence electrons. The molecular weight excluding hydrogens is 266 g/mol. The first-order chi connectivity index (χ1) is 10.2. The Bertz CT molecular complexity index is 791. The molecule has 0 bridgehead atoms. The van der Waals surface area contributed by atoms with Gasteiger partial charge in [0.2, 0.25) is 0 Å². The molecule has 2 heterocycles. The highest BCUT2D eigenvalue weighted by atomic mass is 16.5. The number of benzene rings is 1. The molecule has 5 heteroatoms. The first-order valence-corrected chi connectivity index (χ1v) is 6.77. The van der Waals surface area contributed by atoms with Gasteiger partial charge in [-0.1, -0.05) is 0 Å². The van der Waals surface area contributed by atoms with E-state index in [0.717, 1.165) is 22.5 Å². The number of fused-ring (bicyclic) bond motifs is 1. The zero-order valence-corrected chi connectivity index (χ0v) is 11.9. The van der Waals surface area contributed by atoms with Crippen LogP contribution < -0.4 is 0 Å². The molecule has 3 aromatic rings. The van der Waals surface area contributed by atoms with Gasteiger partial charge in [0, 0.05) is 11.9 Å². The summed E-state index contributed by atoms with van der Waals surface area (Å²) < 4.78 is 7.02. The van der Waals surface area contributed by atoms with Gasteiger partial charge in [-0.3, -0.25) is 9.55 Å². The fraction of sp³-hybridized carbons (Fsp3) is 0.188. The fourth-order valence-corrected chi connectivity index (χ4v) is 2.34. The van der Waals surface area contributed by atoms with Crippen molar-refractivity contribution in [2.75, 3.05) is 6.61 Å². The largest absolute Gasteiger partial charge is 0.462 e. The zero-order chi connectivity index (χ0) is 14.8. The van der Waals surface area contributed by atoms with Crippen LogP contribution in [0.3, 0.4) is 0 Å². The molecule has 0 unspecified atom stereocenters. The third-order valence-electron chi connectivity index (χ3n) is 3.26. The van der Waals surface area contributed by atoms with Crippen LogP contribution in [0.2, 0.25) is 0 Å².